The first kappa shape index (κ1) is 13.7. The van der Waals surface area contributed by atoms with Gasteiger partial charge in [-0.3, -0.25) is 4.99 Å². The van der Waals surface area contributed by atoms with Crippen molar-refractivity contribution in [2.24, 2.45) is 4.99 Å². The summed E-state index contributed by atoms with van der Waals surface area (Å²) >= 11 is 1.82. The number of allylic oxidation sites excluding steroid dienone is 1. The Hall–Kier alpha value is -1.74. The highest BCUT2D eigenvalue weighted by Crippen LogP contribution is 2.53. The van der Waals surface area contributed by atoms with Crippen LogP contribution in [0.3, 0.4) is 0 Å². The fraction of sp³-hybridized carbons (Fsp3) is 0.350. The standard InChI is InChI=1S/C20H20N2S/c1-2-6-16-13-17(8-7-15(16)5-1)20(9-3-10-20)18-14-23-19-21-11-4-12-22(18)19/h1-2,5-8,13-14H,3-4,9-12H2. The van der Waals surface area contributed by atoms with Crippen molar-refractivity contribution in [2.45, 2.75) is 31.1 Å². The van der Waals surface area contributed by atoms with Crippen LogP contribution in [0, 0.1) is 0 Å². The fourth-order valence-corrected chi connectivity index (χ4v) is 5.21. The molecule has 23 heavy (non-hydrogen) atoms. The van der Waals surface area contributed by atoms with Crippen molar-refractivity contribution in [2.75, 3.05) is 13.1 Å². The topological polar surface area (TPSA) is 15.6 Å². The molecule has 0 N–H and O–H groups in total. The average Bonchev–Trinajstić information content (AvgIpc) is 2.98. The molecule has 1 saturated carbocycles. The zero-order chi connectivity index (χ0) is 15.3. The minimum atomic E-state index is 0.214. The van der Waals surface area contributed by atoms with E-state index >= 15 is 0 Å². The molecule has 2 heterocycles. The third-order valence-corrected chi connectivity index (χ3v) is 6.49. The molecule has 0 bridgehead atoms. The molecule has 3 heteroatoms. The van der Waals surface area contributed by atoms with Crippen LogP contribution in [0.4, 0.5) is 0 Å². The lowest BCUT2D eigenvalue weighted by Gasteiger charge is -2.47. The highest BCUT2D eigenvalue weighted by molar-refractivity contribution is 8.16. The zero-order valence-corrected chi connectivity index (χ0v) is 14.0. The summed E-state index contributed by atoms with van der Waals surface area (Å²) in [4.78, 5) is 7.20. The minimum Gasteiger partial charge on any atom is -0.323 e. The van der Waals surface area contributed by atoms with E-state index in [1.54, 1.807) is 0 Å². The maximum Gasteiger partial charge on any atom is 0.167 e. The van der Waals surface area contributed by atoms with Gasteiger partial charge in [0, 0.05) is 24.2 Å². The number of thioether (sulfide) groups is 1. The van der Waals surface area contributed by atoms with Gasteiger partial charge in [-0.25, -0.2) is 0 Å². The van der Waals surface area contributed by atoms with Gasteiger partial charge >= 0.3 is 0 Å². The molecule has 2 aromatic carbocycles. The number of nitrogens with zero attached hydrogens (tertiary/aromatic N) is 2. The SMILES string of the molecule is C1=C(C2(c3ccc4ccccc4c3)CCC2)N2CCCN=C2S1. The Morgan fingerprint density at radius 3 is 2.70 bits per heavy atom. The molecule has 2 aromatic rings. The highest BCUT2D eigenvalue weighted by atomic mass is 32.2. The average molecular weight is 320 g/mol. The molecular weight excluding hydrogens is 300 g/mol. The molecule has 0 aromatic heterocycles. The summed E-state index contributed by atoms with van der Waals surface area (Å²) in [5.41, 5.74) is 3.20. The van der Waals surface area contributed by atoms with Gasteiger partial charge in [0.1, 0.15) is 0 Å². The normalized spacial score (nSPS) is 22.3. The van der Waals surface area contributed by atoms with Crippen LogP contribution in [0.25, 0.3) is 10.8 Å². The van der Waals surface area contributed by atoms with Gasteiger partial charge in [0.15, 0.2) is 5.17 Å². The van der Waals surface area contributed by atoms with Crippen molar-refractivity contribution < 1.29 is 0 Å². The largest absolute Gasteiger partial charge is 0.323 e. The van der Waals surface area contributed by atoms with Crippen LogP contribution in [0.15, 0.2) is 58.6 Å². The smallest absolute Gasteiger partial charge is 0.167 e. The monoisotopic (exact) mass is 320 g/mol. The van der Waals surface area contributed by atoms with Crippen molar-refractivity contribution in [3.63, 3.8) is 0 Å². The van der Waals surface area contributed by atoms with Crippen LogP contribution in [0.2, 0.25) is 0 Å². The van der Waals surface area contributed by atoms with Crippen LogP contribution in [0.1, 0.15) is 31.2 Å². The third kappa shape index (κ3) is 1.99. The maximum absolute atomic E-state index is 4.71. The molecule has 2 nitrogen and oxygen atoms in total. The first-order valence-electron chi connectivity index (χ1n) is 8.55. The van der Waals surface area contributed by atoms with E-state index in [1.807, 2.05) is 11.8 Å². The quantitative estimate of drug-likeness (QED) is 0.781. The van der Waals surface area contributed by atoms with Gasteiger partial charge < -0.3 is 4.90 Å². The second-order valence-electron chi connectivity index (χ2n) is 6.79. The number of rotatable bonds is 2. The van der Waals surface area contributed by atoms with Crippen LogP contribution in [0.5, 0.6) is 0 Å². The van der Waals surface area contributed by atoms with E-state index in [0.717, 1.165) is 13.1 Å². The van der Waals surface area contributed by atoms with Crippen molar-refractivity contribution >= 4 is 27.7 Å². The van der Waals surface area contributed by atoms with Gasteiger partial charge in [0.05, 0.1) is 0 Å². The Morgan fingerprint density at radius 1 is 1.00 bits per heavy atom. The van der Waals surface area contributed by atoms with Crippen LogP contribution < -0.4 is 0 Å². The molecule has 116 valence electrons. The van der Waals surface area contributed by atoms with Crippen molar-refractivity contribution in [3.8, 4) is 0 Å². The number of fused-ring (bicyclic) bond motifs is 2. The van der Waals surface area contributed by atoms with Gasteiger partial charge in [0.2, 0.25) is 0 Å². The van der Waals surface area contributed by atoms with E-state index in [2.05, 4.69) is 52.8 Å². The fourth-order valence-electron chi connectivity index (χ4n) is 4.16. The minimum absolute atomic E-state index is 0.214. The third-order valence-electron chi connectivity index (χ3n) is 5.58. The molecular formula is C20H20N2S. The Kier molecular flexibility index (Phi) is 3.05. The summed E-state index contributed by atoms with van der Waals surface area (Å²) in [6.07, 6.45) is 5.04. The molecule has 0 spiro atoms. The number of benzene rings is 2. The summed E-state index contributed by atoms with van der Waals surface area (Å²) in [5.74, 6) is 0. The van der Waals surface area contributed by atoms with Crippen LogP contribution in [-0.4, -0.2) is 23.2 Å². The summed E-state index contributed by atoms with van der Waals surface area (Å²) < 4.78 is 0. The van der Waals surface area contributed by atoms with E-state index in [9.17, 15) is 0 Å². The summed E-state index contributed by atoms with van der Waals surface area (Å²) in [6.45, 7) is 2.12. The zero-order valence-electron chi connectivity index (χ0n) is 13.2. The summed E-state index contributed by atoms with van der Waals surface area (Å²) in [5, 5.41) is 6.28. The predicted octanol–water partition coefficient (Wildman–Crippen LogP) is 4.91. The number of aliphatic imine (C=N–C) groups is 1. The Morgan fingerprint density at radius 2 is 1.87 bits per heavy atom. The van der Waals surface area contributed by atoms with Gasteiger partial charge in [0.25, 0.3) is 0 Å². The number of hydrogen-bond donors (Lipinski definition) is 0. The maximum atomic E-state index is 4.71. The van der Waals surface area contributed by atoms with Crippen molar-refractivity contribution in [3.05, 3.63) is 59.1 Å². The molecule has 0 unspecified atom stereocenters. The van der Waals surface area contributed by atoms with Gasteiger partial charge in [-0.1, -0.05) is 60.6 Å². The second-order valence-corrected chi connectivity index (χ2v) is 7.62. The summed E-state index contributed by atoms with van der Waals surface area (Å²) in [6, 6.07) is 15.8. The molecule has 0 atom stereocenters. The summed E-state index contributed by atoms with van der Waals surface area (Å²) in [7, 11) is 0. The first-order valence-corrected chi connectivity index (χ1v) is 9.43. The Bertz CT molecular complexity index is 832. The van der Waals surface area contributed by atoms with E-state index in [0.29, 0.717) is 0 Å². The lowest BCUT2D eigenvalue weighted by atomic mass is 9.62. The van der Waals surface area contributed by atoms with Crippen molar-refractivity contribution in [1.29, 1.82) is 0 Å². The Labute approximate surface area is 141 Å². The predicted molar refractivity (Wildman–Crippen MR) is 98.8 cm³/mol. The van der Waals surface area contributed by atoms with E-state index < -0.39 is 0 Å². The van der Waals surface area contributed by atoms with E-state index in [4.69, 9.17) is 4.99 Å². The highest BCUT2D eigenvalue weighted by Gasteiger charge is 2.47. The Balaban J connectivity index is 1.60. The van der Waals surface area contributed by atoms with Gasteiger partial charge in [-0.2, -0.15) is 0 Å². The van der Waals surface area contributed by atoms with Gasteiger partial charge in [-0.05, 0) is 41.0 Å². The molecule has 1 aliphatic carbocycles. The molecule has 1 fully saturated rings. The van der Waals surface area contributed by atoms with Crippen molar-refractivity contribution in [1.82, 2.24) is 4.90 Å². The second kappa shape index (κ2) is 5.13. The lowest BCUT2D eigenvalue weighted by molar-refractivity contribution is 0.245. The number of hydrogen-bond acceptors (Lipinski definition) is 3. The first-order chi connectivity index (χ1) is 11.4. The lowest BCUT2D eigenvalue weighted by Crippen LogP contribution is -2.44. The van der Waals surface area contributed by atoms with Crippen LogP contribution in [-0.2, 0) is 5.41 Å². The molecule has 2 aliphatic heterocycles. The van der Waals surface area contributed by atoms with Gasteiger partial charge in [-0.15, -0.1) is 0 Å². The molecule has 3 aliphatic rings. The number of amidine groups is 1. The molecule has 5 rings (SSSR count). The molecule has 0 radical (unpaired) electrons. The van der Waals surface area contributed by atoms with E-state index in [-0.39, 0.29) is 5.41 Å². The molecule has 0 saturated heterocycles. The molecule has 0 amide bonds. The van der Waals surface area contributed by atoms with Crippen LogP contribution >= 0.6 is 11.8 Å². The van der Waals surface area contributed by atoms with E-state index in [1.165, 1.54) is 52.9 Å².